The summed E-state index contributed by atoms with van der Waals surface area (Å²) >= 11 is 1.36. The van der Waals surface area contributed by atoms with Gasteiger partial charge in [-0.15, -0.1) is 11.3 Å². The standard InChI is InChI=1S/C23H19NO5S/c1-28-18-9-5-4-8-17(18)22(26)24-20(25)13-29-23(27)19-12-15-11-10-14-6-2-3-7-16(14)21(15)30-19/h2-9,12H,10-11,13H2,1H3,(H,24,25,26). The fourth-order valence-electron chi connectivity index (χ4n) is 3.44. The Bertz CT molecular complexity index is 1130. The van der Waals surface area contributed by atoms with Crippen molar-refractivity contribution < 1.29 is 23.9 Å². The molecule has 1 aliphatic carbocycles. The highest BCUT2D eigenvalue weighted by atomic mass is 32.1. The number of hydrogen-bond donors (Lipinski definition) is 1. The van der Waals surface area contributed by atoms with E-state index in [-0.39, 0.29) is 5.56 Å². The molecule has 30 heavy (non-hydrogen) atoms. The van der Waals surface area contributed by atoms with Gasteiger partial charge in [0.15, 0.2) is 6.61 Å². The van der Waals surface area contributed by atoms with Crippen molar-refractivity contribution in [2.45, 2.75) is 12.8 Å². The van der Waals surface area contributed by atoms with Crippen LogP contribution in [0, 0.1) is 0 Å². The third-order valence-corrected chi connectivity index (χ3v) is 6.07. The SMILES string of the molecule is COc1ccccc1C(=O)NC(=O)COC(=O)c1cc2c(s1)-c1ccccc1CC2. The molecule has 2 aromatic carbocycles. The summed E-state index contributed by atoms with van der Waals surface area (Å²) < 4.78 is 10.2. The first kappa shape index (κ1) is 19.8. The maximum absolute atomic E-state index is 12.4. The Morgan fingerprint density at radius 2 is 1.73 bits per heavy atom. The predicted molar refractivity (Wildman–Crippen MR) is 113 cm³/mol. The van der Waals surface area contributed by atoms with Crippen LogP contribution in [0.2, 0.25) is 0 Å². The Hall–Kier alpha value is -3.45. The monoisotopic (exact) mass is 421 g/mol. The molecule has 0 spiro atoms. The number of carbonyl (C=O) groups is 3. The van der Waals surface area contributed by atoms with E-state index < -0.39 is 24.4 Å². The van der Waals surface area contributed by atoms with Crippen LogP contribution in [0.3, 0.4) is 0 Å². The minimum Gasteiger partial charge on any atom is -0.496 e. The lowest BCUT2D eigenvalue weighted by Gasteiger charge is -2.15. The number of carbonyl (C=O) groups excluding carboxylic acids is 3. The molecule has 1 aliphatic rings. The average molecular weight is 421 g/mol. The zero-order chi connectivity index (χ0) is 21.1. The molecule has 0 fully saturated rings. The van der Waals surface area contributed by atoms with Crippen molar-refractivity contribution in [1.29, 1.82) is 0 Å². The predicted octanol–water partition coefficient (Wildman–Crippen LogP) is 3.64. The Morgan fingerprint density at radius 1 is 1.00 bits per heavy atom. The second kappa shape index (κ2) is 8.51. The number of hydrogen-bond acceptors (Lipinski definition) is 6. The van der Waals surface area contributed by atoms with E-state index in [0.29, 0.717) is 10.6 Å². The molecule has 1 heterocycles. The second-order valence-corrected chi connectivity index (χ2v) is 7.83. The van der Waals surface area contributed by atoms with Gasteiger partial charge in [-0.2, -0.15) is 0 Å². The van der Waals surface area contributed by atoms with Gasteiger partial charge in [0, 0.05) is 4.88 Å². The van der Waals surface area contributed by atoms with Crippen molar-refractivity contribution in [3.05, 3.63) is 76.2 Å². The van der Waals surface area contributed by atoms with Crippen molar-refractivity contribution in [3.8, 4) is 16.2 Å². The third kappa shape index (κ3) is 3.97. The van der Waals surface area contributed by atoms with Gasteiger partial charge in [0.25, 0.3) is 11.8 Å². The molecule has 2 amide bonds. The van der Waals surface area contributed by atoms with Gasteiger partial charge < -0.3 is 9.47 Å². The lowest BCUT2D eigenvalue weighted by atomic mass is 9.91. The van der Waals surface area contributed by atoms with E-state index in [1.54, 1.807) is 24.3 Å². The van der Waals surface area contributed by atoms with Crippen molar-refractivity contribution in [2.24, 2.45) is 0 Å². The summed E-state index contributed by atoms with van der Waals surface area (Å²) in [7, 11) is 1.44. The molecule has 0 atom stereocenters. The van der Waals surface area contributed by atoms with Crippen LogP contribution < -0.4 is 10.1 Å². The highest BCUT2D eigenvalue weighted by Crippen LogP contribution is 2.39. The quantitative estimate of drug-likeness (QED) is 0.636. The number of rotatable bonds is 5. The molecule has 0 radical (unpaired) electrons. The van der Waals surface area contributed by atoms with Gasteiger partial charge >= 0.3 is 5.97 Å². The maximum Gasteiger partial charge on any atom is 0.348 e. The van der Waals surface area contributed by atoms with E-state index in [9.17, 15) is 14.4 Å². The molecular weight excluding hydrogens is 402 g/mol. The first-order valence-corrected chi connectivity index (χ1v) is 10.2. The number of esters is 1. The Labute approximate surface area is 177 Å². The Kier molecular flexibility index (Phi) is 5.63. The first-order chi connectivity index (χ1) is 14.6. The zero-order valence-corrected chi connectivity index (χ0v) is 17.1. The fraction of sp³-hybridized carbons (Fsp3) is 0.174. The molecule has 0 saturated carbocycles. The van der Waals surface area contributed by atoms with E-state index >= 15 is 0 Å². The normalized spacial score (nSPS) is 11.8. The van der Waals surface area contributed by atoms with Gasteiger partial charge in [0.05, 0.1) is 12.7 Å². The third-order valence-electron chi connectivity index (χ3n) is 4.87. The summed E-state index contributed by atoms with van der Waals surface area (Å²) in [6.45, 7) is -0.543. The van der Waals surface area contributed by atoms with Gasteiger partial charge in [-0.3, -0.25) is 14.9 Å². The fourth-order valence-corrected chi connectivity index (χ4v) is 4.60. The van der Waals surface area contributed by atoms with Crippen LogP contribution in [0.1, 0.15) is 31.2 Å². The second-order valence-electron chi connectivity index (χ2n) is 6.78. The van der Waals surface area contributed by atoms with E-state index in [1.807, 2.05) is 18.2 Å². The lowest BCUT2D eigenvalue weighted by molar-refractivity contribution is -0.123. The number of amides is 2. The van der Waals surface area contributed by atoms with Gasteiger partial charge in [-0.1, -0.05) is 36.4 Å². The van der Waals surface area contributed by atoms with E-state index in [4.69, 9.17) is 9.47 Å². The van der Waals surface area contributed by atoms with Crippen LogP contribution in [0.25, 0.3) is 10.4 Å². The molecule has 0 bridgehead atoms. The lowest BCUT2D eigenvalue weighted by Crippen LogP contribution is -2.34. The van der Waals surface area contributed by atoms with Crippen LogP contribution >= 0.6 is 11.3 Å². The minimum atomic E-state index is -0.703. The van der Waals surface area contributed by atoms with E-state index in [1.165, 1.54) is 24.0 Å². The zero-order valence-electron chi connectivity index (χ0n) is 16.3. The van der Waals surface area contributed by atoms with Gasteiger partial charge in [0.2, 0.25) is 0 Å². The molecule has 152 valence electrons. The van der Waals surface area contributed by atoms with Crippen LogP contribution in [-0.4, -0.2) is 31.5 Å². The summed E-state index contributed by atoms with van der Waals surface area (Å²) in [6, 6.07) is 16.5. The van der Waals surface area contributed by atoms with Crippen molar-refractivity contribution in [3.63, 3.8) is 0 Å². The number of ether oxygens (including phenoxy) is 2. The number of benzene rings is 2. The van der Waals surface area contributed by atoms with E-state index in [2.05, 4.69) is 17.4 Å². The number of aryl methyl sites for hydroxylation is 2. The largest absolute Gasteiger partial charge is 0.496 e. The van der Waals surface area contributed by atoms with Crippen LogP contribution in [-0.2, 0) is 22.4 Å². The topological polar surface area (TPSA) is 81.7 Å². The Morgan fingerprint density at radius 3 is 2.57 bits per heavy atom. The number of nitrogens with one attached hydrogen (secondary N) is 1. The molecule has 1 N–H and O–H groups in total. The molecule has 3 aromatic rings. The molecule has 6 nitrogen and oxygen atoms in total. The molecular formula is C23H19NO5S. The van der Waals surface area contributed by atoms with Gasteiger partial charge in [0.1, 0.15) is 10.6 Å². The Balaban J connectivity index is 1.38. The maximum atomic E-state index is 12.4. The summed E-state index contributed by atoms with van der Waals surface area (Å²) in [6.07, 6.45) is 1.80. The minimum absolute atomic E-state index is 0.226. The summed E-state index contributed by atoms with van der Waals surface area (Å²) in [5, 5.41) is 2.21. The number of fused-ring (bicyclic) bond motifs is 3. The number of para-hydroxylation sites is 1. The molecule has 0 aliphatic heterocycles. The number of imide groups is 1. The number of methoxy groups -OCH3 is 1. The first-order valence-electron chi connectivity index (χ1n) is 9.42. The highest BCUT2D eigenvalue weighted by molar-refractivity contribution is 7.17. The van der Waals surface area contributed by atoms with Gasteiger partial charge in [-0.25, -0.2) is 4.79 Å². The summed E-state index contributed by atoms with van der Waals surface area (Å²) in [4.78, 5) is 38.3. The van der Waals surface area contributed by atoms with Crippen molar-refractivity contribution in [2.75, 3.05) is 13.7 Å². The van der Waals surface area contributed by atoms with Crippen LogP contribution in [0.15, 0.2) is 54.6 Å². The average Bonchev–Trinajstić information content (AvgIpc) is 3.22. The molecule has 4 rings (SSSR count). The highest BCUT2D eigenvalue weighted by Gasteiger charge is 2.23. The van der Waals surface area contributed by atoms with Crippen LogP contribution in [0.4, 0.5) is 0 Å². The van der Waals surface area contributed by atoms with E-state index in [0.717, 1.165) is 28.8 Å². The molecule has 0 unspecified atom stereocenters. The summed E-state index contributed by atoms with van der Waals surface area (Å²) in [5.41, 5.74) is 3.75. The smallest absolute Gasteiger partial charge is 0.348 e. The molecule has 7 heteroatoms. The van der Waals surface area contributed by atoms with Crippen LogP contribution in [0.5, 0.6) is 5.75 Å². The molecule has 0 saturated heterocycles. The van der Waals surface area contributed by atoms with Gasteiger partial charge in [-0.05, 0) is 47.7 Å². The molecule has 1 aromatic heterocycles. The summed E-state index contributed by atoms with van der Waals surface area (Å²) in [5.74, 6) is -1.54. The van der Waals surface area contributed by atoms with Crippen molar-refractivity contribution >= 4 is 29.1 Å². The number of thiophene rings is 1. The van der Waals surface area contributed by atoms with Crippen molar-refractivity contribution in [1.82, 2.24) is 5.32 Å².